The van der Waals surface area contributed by atoms with Crippen molar-refractivity contribution in [2.45, 2.75) is 31.7 Å². The third-order valence-corrected chi connectivity index (χ3v) is 2.64. The molecule has 68 valence electrons. The standard InChI is InChI=1S/C9H16N2O/c12-9-8(2-1-5-10-9)11-6-7-3-4-7/h7-8,11H,1-6H2,(H,10,12). The molecule has 1 atom stereocenters. The molecule has 0 aromatic carbocycles. The van der Waals surface area contributed by atoms with E-state index in [2.05, 4.69) is 10.6 Å². The van der Waals surface area contributed by atoms with Crippen LogP contribution in [0.3, 0.4) is 0 Å². The van der Waals surface area contributed by atoms with Crippen LogP contribution in [0.4, 0.5) is 0 Å². The Morgan fingerprint density at radius 2 is 2.25 bits per heavy atom. The molecule has 1 saturated heterocycles. The zero-order valence-corrected chi connectivity index (χ0v) is 7.31. The van der Waals surface area contributed by atoms with Crippen molar-refractivity contribution < 1.29 is 4.79 Å². The van der Waals surface area contributed by atoms with Crippen molar-refractivity contribution in [2.75, 3.05) is 13.1 Å². The monoisotopic (exact) mass is 168 g/mol. The van der Waals surface area contributed by atoms with Crippen LogP contribution in [0.5, 0.6) is 0 Å². The first-order valence-electron chi connectivity index (χ1n) is 4.87. The summed E-state index contributed by atoms with van der Waals surface area (Å²) in [6, 6.07) is 0.0966. The van der Waals surface area contributed by atoms with Crippen LogP contribution in [0.2, 0.25) is 0 Å². The van der Waals surface area contributed by atoms with E-state index in [1.54, 1.807) is 0 Å². The van der Waals surface area contributed by atoms with Crippen LogP contribution in [-0.2, 0) is 4.79 Å². The van der Waals surface area contributed by atoms with Crippen molar-refractivity contribution in [2.24, 2.45) is 5.92 Å². The average molecular weight is 168 g/mol. The Hall–Kier alpha value is -0.570. The summed E-state index contributed by atoms with van der Waals surface area (Å²) in [6.45, 7) is 1.90. The minimum atomic E-state index is 0.0966. The highest BCUT2D eigenvalue weighted by Gasteiger charge is 2.26. The van der Waals surface area contributed by atoms with Crippen molar-refractivity contribution >= 4 is 5.91 Å². The molecule has 0 spiro atoms. The van der Waals surface area contributed by atoms with E-state index >= 15 is 0 Å². The van der Waals surface area contributed by atoms with Gasteiger partial charge in [0.1, 0.15) is 0 Å². The maximum atomic E-state index is 11.3. The number of piperidine rings is 1. The summed E-state index contributed by atoms with van der Waals surface area (Å²) < 4.78 is 0. The molecule has 1 aliphatic carbocycles. The summed E-state index contributed by atoms with van der Waals surface area (Å²) in [5.41, 5.74) is 0. The van der Waals surface area contributed by atoms with Crippen LogP contribution < -0.4 is 10.6 Å². The topological polar surface area (TPSA) is 41.1 Å². The number of carbonyl (C=O) groups excluding carboxylic acids is 1. The predicted octanol–water partition coefficient (Wildman–Crippen LogP) is 0.265. The van der Waals surface area contributed by atoms with Gasteiger partial charge in [-0.1, -0.05) is 0 Å². The summed E-state index contributed by atoms with van der Waals surface area (Å²) in [6.07, 6.45) is 4.83. The molecule has 1 amide bonds. The second-order valence-corrected chi connectivity index (χ2v) is 3.84. The third kappa shape index (κ3) is 1.97. The number of nitrogens with one attached hydrogen (secondary N) is 2. The van der Waals surface area contributed by atoms with Crippen molar-refractivity contribution in [3.05, 3.63) is 0 Å². The molecule has 1 unspecified atom stereocenters. The summed E-state index contributed by atoms with van der Waals surface area (Å²) in [5.74, 6) is 1.06. The highest BCUT2D eigenvalue weighted by atomic mass is 16.2. The fraction of sp³-hybridized carbons (Fsp3) is 0.889. The van der Waals surface area contributed by atoms with Gasteiger partial charge in [-0.25, -0.2) is 0 Å². The Bertz CT molecular complexity index is 177. The number of rotatable bonds is 3. The number of amides is 1. The molecule has 12 heavy (non-hydrogen) atoms. The highest BCUT2D eigenvalue weighted by Crippen LogP contribution is 2.27. The van der Waals surface area contributed by atoms with Gasteiger partial charge in [-0.05, 0) is 38.1 Å². The lowest BCUT2D eigenvalue weighted by molar-refractivity contribution is -0.124. The van der Waals surface area contributed by atoms with Gasteiger partial charge in [0.25, 0.3) is 0 Å². The second kappa shape index (κ2) is 3.44. The Morgan fingerprint density at radius 3 is 2.92 bits per heavy atom. The second-order valence-electron chi connectivity index (χ2n) is 3.84. The van der Waals surface area contributed by atoms with E-state index in [0.29, 0.717) is 0 Å². The van der Waals surface area contributed by atoms with Gasteiger partial charge >= 0.3 is 0 Å². The quantitative estimate of drug-likeness (QED) is 0.635. The van der Waals surface area contributed by atoms with Crippen molar-refractivity contribution in [3.63, 3.8) is 0 Å². The molecule has 1 saturated carbocycles. The average Bonchev–Trinajstić information content (AvgIpc) is 2.86. The number of hydrogen-bond donors (Lipinski definition) is 2. The zero-order valence-electron chi connectivity index (χ0n) is 7.31. The number of carbonyl (C=O) groups is 1. The Balaban J connectivity index is 1.72. The fourth-order valence-electron chi connectivity index (χ4n) is 1.60. The van der Waals surface area contributed by atoms with Crippen molar-refractivity contribution in [3.8, 4) is 0 Å². The molecule has 0 aromatic heterocycles. The van der Waals surface area contributed by atoms with Gasteiger partial charge in [0.15, 0.2) is 0 Å². The predicted molar refractivity (Wildman–Crippen MR) is 46.8 cm³/mol. The van der Waals surface area contributed by atoms with E-state index in [-0.39, 0.29) is 11.9 Å². The molecule has 3 nitrogen and oxygen atoms in total. The van der Waals surface area contributed by atoms with E-state index in [1.165, 1.54) is 12.8 Å². The maximum absolute atomic E-state index is 11.3. The molecule has 3 heteroatoms. The molecular formula is C9H16N2O. The van der Waals surface area contributed by atoms with E-state index in [1.807, 2.05) is 0 Å². The normalized spacial score (nSPS) is 30.0. The molecule has 2 rings (SSSR count). The van der Waals surface area contributed by atoms with E-state index in [9.17, 15) is 4.79 Å². The van der Waals surface area contributed by atoms with Crippen molar-refractivity contribution in [1.82, 2.24) is 10.6 Å². The maximum Gasteiger partial charge on any atom is 0.237 e. The summed E-state index contributed by atoms with van der Waals surface area (Å²) in [4.78, 5) is 11.3. The van der Waals surface area contributed by atoms with Gasteiger partial charge in [0.05, 0.1) is 6.04 Å². The van der Waals surface area contributed by atoms with Crippen LogP contribution in [0.15, 0.2) is 0 Å². The van der Waals surface area contributed by atoms with Crippen LogP contribution in [0.25, 0.3) is 0 Å². The first-order chi connectivity index (χ1) is 5.86. The Labute approximate surface area is 72.9 Å². The van der Waals surface area contributed by atoms with Gasteiger partial charge in [0, 0.05) is 6.54 Å². The van der Waals surface area contributed by atoms with Gasteiger partial charge in [-0.15, -0.1) is 0 Å². The molecule has 0 radical (unpaired) electrons. The fourth-order valence-corrected chi connectivity index (χ4v) is 1.60. The molecule has 1 aliphatic heterocycles. The van der Waals surface area contributed by atoms with Gasteiger partial charge in [-0.3, -0.25) is 4.79 Å². The Kier molecular flexibility index (Phi) is 2.30. The smallest absolute Gasteiger partial charge is 0.237 e. The largest absolute Gasteiger partial charge is 0.355 e. The van der Waals surface area contributed by atoms with E-state index in [0.717, 1.165) is 31.8 Å². The van der Waals surface area contributed by atoms with Crippen molar-refractivity contribution in [1.29, 1.82) is 0 Å². The first kappa shape index (κ1) is 8.05. The molecule has 1 heterocycles. The minimum absolute atomic E-state index is 0.0966. The third-order valence-electron chi connectivity index (χ3n) is 2.64. The molecular weight excluding hydrogens is 152 g/mol. The molecule has 0 aromatic rings. The lowest BCUT2D eigenvalue weighted by atomic mass is 10.1. The van der Waals surface area contributed by atoms with Crippen LogP contribution >= 0.6 is 0 Å². The molecule has 0 bridgehead atoms. The highest BCUT2D eigenvalue weighted by molar-refractivity contribution is 5.82. The number of hydrogen-bond acceptors (Lipinski definition) is 2. The zero-order chi connectivity index (χ0) is 8.39. The van der Waals surface area contributed by atoms with Gasteiger partial charge in [-0.2, -0.15) is 0 Å². The minimum Gasteiger partial charge on any atom is -0.355 e. The molecule has 2 fully saturated rings. The van der Waals surface area contributed by atoms with E-state index < -0.39 is 0 Å². The van der Waals surface area contributed by atoms with Crippen LogP contribution in [0, 0.1) is 5.92 Å². The lowest BCUT2D eigenvalue weighted by Crippen LogP contribution is -2.48. The molecule has 2 aliphatic rings. The first-order valence-corrected chi connectivity index (χ1v) is 4.87. The Morgan fingerprint density at radius 1 is 1.42 bits per heavy atom. The summed E-state index contributed by atoms with van der Waals surface area (Å²) >= 11 is 0. The lowest BCUT2D eigenvalue weighted by Gasteiger charge is -2.22. The molecule has 2 N–H and O–H groups in total. The van der Waals surface area contributed by atoms with Gasteiger partial charge < -0.3 is 10.6 Å². The van der Waals surface area contributed by atoms with Gasteiger partial charge in [0.2, 0.25) is 5.91 Å². The summed E-state index contributed by atoms with van der Waals surface area (Å²) in [7, 11) is 0. The van der Waals surface area contributed by atoms with Crippen LogP contribution in [0.1, 0.15) is 25.7 Å². The van der Waals surface area contributed by atoms with E-state index in [4.69, 9.17) is 0 Å². The van der Waals surface area contributed by atoms with Crippen LogP contribution in [-0.4, -0.2) is 25.0 Å². The summed E-state index contributed by atoms with van der Waals surface area (Å²) in [5, 5.41) is 6.20. The SMILES string of the molecule is O=C1NCCCC1NCC1CC1.